The van der Waals surface area contributed by atoms with E-state index in [2.05, 4.69) is 5.32 Å². The Balaban J connectivity index is 1.80. The topological polar surface area (TPSA) is 41.6 Å². The second kappa shape index (κ2) is 6.16. The van der Waals surface area contributed by atoms with Crippen molar-refractivity contribution in [3.05, 3.63) is 30.3 Å². The predicted octanol–water partition coefficient (Wildman–Crippen LogP) is 2.34. The molecule has 0 unspecified atom stereocenters. The third kappa shape index (κ3) is 2.97. The van der Waals surface area contributed by atoms with Crippen molar-refractivity contribution in [2.24, 2.45) is 0 Å². The van der Waals surface area contributed by atoms with Crippen molar-refractivity contribution in [2.45, 2.75) is 44.2 Å². The largest absolute Gasteiger partial charge is 0.373 e. The molecule has 0 aliphatic carbocycles. The highest BCUT2D eigenvalue weighted by atomic mass is 16.5. The summed E-state index contributed by atoms with van der Waals surface area (Å²) in [6.07, 6.45) is 3.58. The molecule has 1 aromatic carbocycles. The molecule has 1 N–H and O–H groups in total. The van der Waals surface area contributed by atoms with Gasteiger partial charge in [-0.25, -0.2) is 0 Å². The Morgan fingerprint density at radius 2 is 2.05 bits per heavy atom. The molecular weight excluding hydrogens is 264 g/mol. The SMILES string of the molecule is CCC(=O)N(c1ccccc1)[C@H]1COC2(CCNCC2)C1. The summed E-state index contributed by atoms with van der Waals surface area (Å²) in [5.41, 5.74) is 0.973. The van der Waals surface area contributed by atoms with Crippen LogP contribution in [0.3, 0.4) is 0 Å². The first-order valence-electron chi connectivity index (χ1n) is 7.96. The molecule has 2 aliphatic rings. The summed E-state index contributed by atoms with van der Waals surface area (Å²) in [7, 11) is 0. The summed E-state index contributed by atoms with van der Waals surface area (Å²) in [4.78, 5) is 14.4. The Bertz CT molecular complexity index is 483. The van der Waals surface area contributed by atoms with Gasteiger partial charge in [0.05, 0.1) is 18.2 Å². The van der Waals surface area contributed by atoms with Gasteiger partial charge >= 0.3 is 0 Å². The number of amides is 1. The molecule has 0 bridgehead atoms. The van der Waals surface area contributed by atoms with Crippen LogP contribution in [-0.2, 0) is 9.53 Å². The van der Waals surface area contributed by atoms with Crippen molar-refractivity contribution in [1.82, 2.24) is 5.32 Å². The van der Waals surface area contributed by atoms with Gasteiger partial charge in [-0.15, -0.1) is 0 Å². The number of hydrogen-bond acceptors (Lipinski definition) is 3. The van der Waals surface area contributed by atoms with Gasteiger partial charge in [-0.1, -0.05) is 25.1 Å². The van der Waals surface area contributed by atoms with Gasteiger partial charge in [0.1, 0.15) is 0 Å². The summed E-state index contributed by atoms with van der Waals surface area (Å²) >= 11 is 0. The number of para-hydroxylation sites is 1. The fourth-order valence-electron chi connectivity index (χ4n) is 3.53. The number of rotatable bonds is 3. The standard InChI is InChI=1S/C17H24N2O2/c1-2-16(20)19(14-6-4-3-5-7-14)15-12-17(21-13-15)8-10-18-11-9-17/h3-7,15,18H,2,8-13H2,1H3/t15-/m1/s1. The molecule has 21 heavy (non-hydrogen) atoms. The molecule has 2 saturated heterocycles. The monoisotopic (exact) mass is 288 g/mol. The minimum absolute atomic E-state index is 0.0169. The summed E-state index contributed by atoms with van der Waals surface area (Å²) in [6, 6.07) is 10.2. The fourth-order valence-corrected chi connectivity index (χ4v) is 3.53. The molecule has 0 radical (unpaired) electrons. The number of nitrogens with zero attached hydrogens (tertiary/aromatic N) is 1. The Hall–Kier alpha value is -1.39. The molecule has 4 nitrogen and oxygen atoms in total. The molecule has 2 aliphatic heterocycles. The molecule has 1 aromatic rings. The summed E-state index contributed by atoms with van der Waals surface area (Å²) in [6.45, 7) is 4.61. The molecule has 3 rings (SSSR count). The first-order chi connectivity index (χ1) is 10.2. The van der Waals surface area contributed by atoms with Crippen molar-refractivity contribution in [1.29, 1.82) is 0 Å². The first kappa shape index (κ1) is 14.5. The average molecular weight is 288 g/mol. The summed E-state index contributed by atoms with van der Waals surface area (Å²) in [5.74, 6) is 0.181. The average Bonchev–Trinajstić information content (AvgIpc) is 2.92. The highest BCUT2D eigenvalue weighted by Gasteiger charge is 2.44. The molecular formula is C17H24N2O2. The van der Waals surface area contributed by atoms with E-state index in [0.717, 1.165) is 38.0 Å². The number of piperidine rings is 1. The van der Waals surface area contributed by atoms with Crippen LogP contribution in [0.5, 0.6) is 0 Å². The lowest BCUT2D eigenvalue weighted by Gasteiger charge is -2.34. The van der Waals surface area contributed by atoms with Gasteiger partial charge in [-0.2, -0.15) is 0 Å². The number of carbonyl (C=O) groups excluding carboxylic acids is 1. The molecule has 114 valence electrons. The second-order valence-corrected chi connectivity index (χ2v) is 6.05. The minimum Gasteiger partial charge on any atom is -0.373 e. The van der Waals surface area contributed by atoms with Crippen LogP contribution in [0.2, 0.25) is 0 Å². The van der Waals surface area contributed by atoms with Gasteiger partial charge in [-0.3, -0.25) is 4.79 Å². The van der Waals surface area contributed by atoms with E-state index in [1.165, 1.54) is 0 Å². The van der Waals surface area contributed by atoms with Crippen molar-refractivity contribution >= 4 is 11.6 Å². The zero-order valence-corrected chi connectivity index (χ0v) is 12.7. The van der Waals surface area contributed by atoms with Gasteiger partial charge in [0.15, 0.2) is 0 Å². The Kier molecular flexibility index (Phi) is 4.27. The van der Waals surface area contributed by atoms with Crippen molar-refractivity contribution in [3.63, 3.8) is 0 Å². The van der Waals surface area contributed by atoms with Crippen LogP contribution in [0.15, 0.2) is 30.3 Å². The van der Waals surface area contributed by atoms with E-state index in [1.807, 2.05) is 42.2 Å². The molecule has 4 heteroatoms. The highest BCUT2D eigenvalue weighted by molar-refractivity contribution is 5.93. The lowest BCUT2D eigenvalue weighted by molar-refractivity contribution is -0.118. The van der Waals surface area contributed by atoms with Crippen molar-refractivity contribution in [2.75, 3.05) is 24.6 Å². The van der Waals surface area contributed by atoms with Gasteiger partial charge < -0.3 is 15.0 Å². The van der Waals surface area contributed by atoms with E-state index >= 15 is 0 Å². The van der Waals surface area contributed by atoms with E-state index in [0.29, 0.717) is 13.0 Å². The smallest absolute Gasteiger partial charge is 0.227 e. The maximum absolute atomic E-state index is 12.4. The third-order valence-electron chi connectivity index (χ3n) is 4.67. The molecule has 1 spiro atoms. The molecule has 1 amide bonds. The van der Waals surface area contributed by atoms with Gasteiger partial charge in [0, 0.05) is 12.1 Å². The predicted molar refractivity (Wildman–Crippen MR) is 83.4 cm³/mol. The number of anilines is 1. The minimum atomic E-state index is -0.0169. The van der Waals surface area contributed by atoms with Crippen LogP contribution in [0.4, 0.5) is 5.69 Å². The summed E-state index contributed by atoms with van der Waals surface area (Å²) in [5, 5.41) is 3.39. The number of nitrogens with one attached hydrogen (secondary N) is 1. The zero-order valence-electron chi connectivity index (χ0n) is 12.7. The number of ether oxygens (including phenoxy) is 1. The van der Waals surface area contributed by atoms with E-state index in [9.17, 15) is 4.79 Å². The molecule has 2 fully saturated rings. The fraction of sp³-hybridized carbons (Fsp3) is 0.588. The Labute approximate surface area is 126 Å². The second-order valence-electron chi connectivity index (χ2n) is 6.05. The Morgan fingerprint density at radius 1 is 1.33 bits per heavy atom. The third-order valence-corrected chi connectivity index (χ3v) is 4.67. The summed E-state index contributed by atoms with van der Waals surface area (Å²) < 4.78 is 6.16. The van der Waals surface area contributed by atoms with Gasteiger partial charge in [-0.05, 0) is 44.5 Å². The van der Waals surface area contributed by atoms with E-state index in [1.54, 1.807) is 0 Å². The maximum Gasteiger partial charge on any atom is 0.227 e. The van der Waals surface area contributed by atoms with Crippen LogP contribution >= 0.6 is 0 Å². The highest BCUT2D eigenvalue weighted by Crippen LogP contribution is 2.37. The van der Waals surface area contributed by atoms with E-state index in [4.69, 9.17) is 4.74 Å². The molecule has 2 heterocycles. The maximum atomic E-state index is 12.4. The molecule has 0 aromatic heterocycles. The van der Waals surface area contributed by atoms with Crippen LogP contribution in [0.25, 0.3) is 0 Å². The normalized spacial score (nSPS) is 24.1. The van der Waals surface area contributed by atoms with Gasteiger partial charge in [0.25, 0.3) is 0 Å². The van der Waals surface area contributed by atoms with Crippen LogP contribution in [0.1, 0.15) is 32.6 Å². The van der Waals surface area contributed by atoms with Crippen LogP contribution in [0, 0.1) is 0 Å². The van der Waals surface area contributed by atoms with E-state index < -0.39 is 0 Å². The van der Waals surface area contributed by atoms with E-state index in [-0.39, 0.29) is 17.6 Å². The first-order valence-corrected chi connectivity index (χ1v) is 7.96. The van der Waals surface area contributed by atoms with Crippen molar-refractivity contribution < 1.29 is 9.53 Å². The Morgan fingerprint density at radius 3 is 2.71 bits per heavy atom. The number of hydrogen-bond donors (Lipinski definition) is 1. The quantitative estimate of drug-likeness (QED) is 0.928. The van der Waals surface area contributed by atoms with Crippen molar-refractivity contribution in [3.8, 4) is 0 Å². The number of carbonyl (C=O) groups is 1. The van der Waals surface area contributed by atoms with Crippen LogP contribution < -0.4 is 10.2 Å². The molecule has 0 saturated carbocycles. The zero-order chi connectivity index (χ0) is 14.7. The lowest BCUT2D eigenvalue weighted by atomic mass is 9.88. The lowest BCUT2D eigenvalue weighted by Crippen LogP contribution is -2.44. The van der Waals surface area contributed by atoms with Gasteiger partial charge in [0.2, 0.25) is 5.91 Å². The number of benzene rings is 1. The molecule has 1 atom stereocenters. The van der Waals surface area contributed by atoms with Crippen LogP contribution in [-0.4, -0.2) is 37.2 Å².